The first-order chi connectivity index (χ1) is 13.6. The second-order valence-corrected chi connectivity index (χ2v) is 6.60. The molecular weight excluding hydrogens is 354 g/mol. The fourth-order valence-corrected chi connectivity index (χ4v) is 2.90. The topological polar surface area (TPSA) is 78.1 Å². The van der Waals surface area contributed by atoms with Crippen molar-refractivity contribution in [1.82, 2.24) is 5.32 Å². The van der Waals surface area contributed by atoms with Gasteiger partial charge in [0.15, 0.2) is 17.5 Å². The van der Waals surface area contributed by atoms with Crippen LogP contribution in [0.4, 0.5) is 0 Å². The highest BCUT2D eigenvalue weighted by Gasteiger charge is 2.06. The van der Waals surface area contributed by atoms with E-state index in [-0.39, 0.29) is 0 Å². The minimum Gasteiger partial charge on any atom is -0.497 e. The van der Waals surface area contributed by atoms with Crippen LogP contribution in [-0.2, 0) is 6.42 Å². The van der Waals surface area contributed by atoms with Crippen LogP contribution < -0.4 is 25.3 Å². The van der Waals surface area contributed by atoms with E-state index in [1.165, 1.54) is 5.56 Å². The van der Waals surface area contributed by atoms with Crippen LogP contribution in [0, 0.1) is 0 Å². The Morgan fingerprint density at radius 2 is 1.71 bits per heavy atom. The first kappa shape index (κ1) is 21.4. The summed E-state index contributed by atoms with van der Waals surface area (Å²) in [7, 11) is 4.94. The van der Waals surface area contributed by atoms with Crippen LogP contribution in [0.3, 0.4) is 0 Å². The highest BCUT2D eigenvalue weighted by Crippen LogP contribution is 2.27. The molecule has 2 rings (SSSR count). The van der Waals surface area contributed by atoms with Gasteiger partial charge >= 0.3 is 0 Å². The third-order valence-electron chi connectivity index (χ3n) is 4.70. The Hall–Kier alpha value is -2.89. The Bertz CT molecular complexity index is 760. The molecule has 1 atom stereocenters. The summed E-state index contributed by atoms with van der Waals surface area (Å²) in [4.78, 5) is 4.43. The summed E-state index contributed by atoms with van der Waals surface area (Å²) in [6.45, 7) is 3.58. The molecule has 152 valence electrons. The number of ether oxygens (including phenoxy) is 3. The highest BCUT2D eigenvalue weighted by molar-refractivity contribution is 5.77. The molecule has 0 heterocycles. The molecule has 0 aliphatic carbocycles. The summed E-state index contributed by atoms with van der Waals surface area (Å²) >= 11 is 0. The van der Waals surface area contributed by atoms with E-state index in [1.807, 2.05) is 30.3 Å². The molecule has 2 aromatic carbocycles. The van der Waals surface area contributed by atoms with E-state index in [4.69, 9.17) is 19.9 Å². The fraction of sp³-hybridized carbons (Fsp3) is 0.409. The van der Waals surface area contributed by atoms with Gasteiger partial charge in [-0.3, -0.25) is 4.99 Å². The number of nitrogens with two attached hydrogens (primary N) is 1. The van der Waals surface area contributed by atoms with Crippen molar-refractivity contribution in [1.29, 1.82) is 0 Å². The van der Waals surface area contributed by atoms with Gasteiger partial charge in [0.05, 0.1) is 21.3 Å². The smallest absolute Gasteiger partial charge is 0.188 e. The lowest BCUT2D eigenvalue weighted by Crippen LogP contribution is -2.33. The normalized spacial score (nSPS) is 12.4. The predicted octanol–water partition coefficient (Wildman–Crippen LogP) is 3.35. The number of hydrogen-bond donors (Lipinski definition) is 2. The number of aliphatic imine (C=N–C) groups is 1. The Balaban J connectivity index is 1.75. The molecule has 0 saturated heterocycles. The lowest BCUT2D eigenvalue weighted by Gasteiger charge is -2.12. The average Bonchev–Trinajstić information content (AvgIpc) is 2.73. The maximum Gasteiger partial charge on any atom is 0.188 e. The lowest BCUT2D eigenvalue weighted by molar-refractivity contribution is 0.354. The lowest BCUT2D eigenvalue weighted by atomic mass is 9.98. The summed E-state index contributed by atoms with van der Waals surface area (Å²) in [6.07, 6.45) is 1.75. The maximum absolute atomic E-state index is 5.98. The van der Waals surface area contributed by atoms with Gasteiger partial charge in [0.2, 0.25) is 0 Å². The van der Waals surface area contributed by atoms with Crippen LogP contribution in [0.15, 0.2) is 47.5 Å². The van der Waals surface area contributed by atoms with Crippen LogP contribution in [0.25, 0.3) is 0 Å². The zero-order chi connectivity index (χ0) is 20.4. The van der Waals surface area contributed by atoms with Crippen molar-refractivity contribution < 1.29 is 14.2 Å². The molecule has 0 saturated carbocycles. The molecule has 0 amide bonds. The molecule has 28 heavy (non-hydrogen) atoms. The van der Waals surface area contributed by atoms with Gasteiger partial charge in [-0.1, -0.05) is 25.1 Å². The number of rotatable bonds is 10. The van der Waals surface area contributed by atoms with Crippen LogP contribution in [-0.4, -0.2) is 40.4 Å². The molecule has 1 unspecified atom stereocenters. The summed E-state index contributed by atoms with van der Waals surface area (Å²) in [6, 6.07) is 14.1. The van der Waals surface area contributed by atoms with E-state index in [2.05, 4.69) is 29.4 Å². The van der Waals surface area contributed by atoms with Crippen molar-refractivity contribution in [2.24, 2.45) is 10.7 Å². The molecule has 0 radical (unpaired) electrons. The Kier molecular flexibility index (Phi) is 8.46. The summed E-state index contributed by atoms with van der Waals surface area (Å²) in [5.41, 5.74) is 8.40. The number of nitrogens with one attached hydrogen (secondary N) is 1. The summed E-state index contributed by atoms with van der Waals surface area (Å²) < 4.78 is 15.8. The van der Waals surface area contributed by atoms with Gasteiger partial charge < -0.3 is 25.3 Å². The standard InChI is InChI=1S/C22H31N3O3/c1-16(18-6-8-19(26-2)9-7-18)11-13-24-22(23)25-14-12-17-5-10-20(27-3)21(15-17)28-4/h5-10,15-16H,11-14H2,1-4H3,(H3,23,24,25). The number of guanidine groups is 1. The first-order valence-electron chi connectivity index (χ1n) is 9.46. The van der Waals surface area contributed by atoms with E-state index in [9.17, 15) is 0 Å². The Morgan fingerprint density at radius 3 is 2.36 bits per heavy atom. The molecule has 0 spiro atoms. The van der Waals surface area contributed by atoms with E-state index >= 15 is 0 Å². The number of nitrogens with zero attached hydrogens (tertiary/aromatic N) is 1. The summed E-state index contributed by atoms with van der Waals surface area (Å²) in [5.74, 6) is 3.22. The zero-order valence-electron chi connectivity index (χ0n) is 17.2. The van der Waals surface area contributed by atoms with Gasteiger partial charge in [0.25, 0.3) is 0 Å². The molecule has 0 aromatic heterocycles. The number of methoxy groups -OCH3 is 3. The van der Waals surface area contributed by atoms with Crippen molar-refractivity contribution in [2.45, 2.75) is 25.7 Å². The SMILES string of the molecule is COc1ccc(C(C)CCN=C(N)NCCc2ccc(OC)c(OC)c2)cc1. The van der Waals surface area contributed by atoms with Gasteiger partial charge in [-0.15, -0.1) is 0 Å². The molecule has 6 heteroatoms. The molecular formula is C22H31N3O3. The number of hydrogen-bond acceptors (Lipinski definition) is 4. The second kappa shape index (κ2) is 11.1. The van der Waals surface area contributed by atoms with Gasteiger partial charge in [-0.25, -0.2) is 0 Å². The Morgan fingerprint density at radius 1 is 1.00 bits per heavy atom. The van der Waals surface area contributed by atoms with Gasteiger partial charge in [0, 0.05) is 13.1 Å². The molecule has 0 bridgehead atoms. The quantitative estimate of drug-likeness (QED) is 0.484. The van der Waals surface area contributed by atoms with Crippen molar-refractivity contribution in [3.8, 4) is 17.2 Å². The predicted molar refractivity (Wildman–Crippen MR) is 114 cm³/mol. The van der Waals surface area contributed by atoms with Crippen LogP contribution in [0.1, 0.15) is 30.4 Å². The molecule has 0 fully saturated rings. The second-order valence-electron chi connectivity index (χ2n) is 6.60. The van der Waals surface area contributed by atoms with Crippen molar-refractivity contribution in [2.75, 3.05) is 34.4 Å². The molecule has 0 aliphatic rings. The van der Waals surface area contributed by atoms with Crippen molar-refractivity contribution in [3.63, 3.8) is 0 Å². The summed E-state index contributed by atoms with van der Waals surface area (Å²) in [5, 5.41) is 3.16. The average molecular weight is 386 g/mol. The van der Waals surface area contributed by atoms with Gasteiger partial charge in [-0.2, -0.15) is 0 Å². The maximum atomic E-state index is 5.98. The highest BCUT2D eigenvalue weighted by atomic mass is 16.5. The van der Waals surface area contributed by atoms with E-state index in [0.717, 1.165) is 35.7 Å². The van der Waals surface area contributed by atoms with Crippen molar-refractivity contribution in [3.05, 3.63) is 53.6 Å². The fourth-order valence-electron chi connectivity index (χ4n) is 2.90. The zero-order valence-corrected chi connectivity index (χ0v) is 17.2. The minimum absolute atomic E-state index is 0.411. The Labute approximate surface area is 167 Å². The van der Waals surface area contributed by atoms with Crippen LogP contribution >= 0.6 is 0 Å². The van der Waals surface area contributed by atoms with E-state index in [1.54, 1.807) is 21.3 Å². The van der Waals surface area contributed by atoms with Crippen molar-refractivity contribution >= 4 is 5.96 Å². The molecule has 0 aliphatic heterocycles. The van der Waals surface area contributed by atoms with Crippen LogP contribution in [0.5, 0.6) is 17.2 Å². The van der Waals surface area contributed by atoms with Crippen LogP contribution in [0.2, 0.25) is 0 Å². The largest absolute Gasteiger partial charge is 0.497 e. The third kappa shape index (κ3) is 6.37. The third-order valence-corrected chi connectivity index (χ3v) is 4.70. The van der Waals surface area contributed by atoms with Gasteiger partial charge in [-0.05, 0) is 54.2 Å². The number of benzene rings is 2. The minimum atomic E-state index is 0.411. The monoisotopic (exact) mass is 385 g/mol. The molecule has 3 N–H and O–H groups in total. The van der Waals surface area contributed by atoms with E-state index < -0.39 is 0 Å². The molecule has 2 aromatic rings. The van der Waals surface area contributed by atoms with Gasteiger partial charge in [0.1, 0.15) is 5.75 Å². The first-order valence-corrected chi connectivity index (χ1v) is 9.46. The van der Waals surface area contributed by atoms with E-state index in [0.29, 0.717) is 25.0 Å². The molecule has 6 nitrogen and oxygen atoms in total.